The SMILES string of the molecule is COc1cc(C)c(Cl)c2c1C(O)(C1CCN(C)CC1)c1ncc(C)cc1CC2.COc1cc(C)cc2c1C(O)(C1CCN(C)CC1)c1ncc(C)cc1CC2. The van der Waals surface area contributed by atoms with Gasteiger partial charge in [0.1, 0.15) is 22.7 Å². The van der Waals surface area contributed by atoms with Crippen LogP contribution in [-0.2, 0) is 36.9 Å². The van der Waals surface area contributed by atoms with Crippen molar-refractivity contribution in [2.45, 2.75) is 90.3 Å². The molecule has 2 N–H and O–H groups in total. The average Bonchev–Trinajstić information content (AvgIpc) is 3.38. The van der Waals surface area contributed by atoms with Gasteiger partial charge in [-0.05, 0) is 176 Å². The molecule has 0 radical (unpaired) electrons. The van der Waals surface area contributed by atoms with E-state index in [1.165, 1.54) is 16.7 Å². The summed E-state index contributed by atoms with van der Waals surface area (Å²) in [4.78, 5) is 14.3. The molecule has 2 unspecified atom stereocenters. The number of rotatable bonds is 4. The number of aryl methyl sites for hydroxylation is 7. The topological polar surface area (TPSA) is 91.2 Å². The number of benzene rings is 2. The Bertz CT molecular complexity index is 2050. The maximum absolute atomic E-state index is 12.5. The van der Waals surface area contributed by atoms with E-state index in [0.717, 1.165) is 139 Å². The van der Waals surface area contributed by atoms with E-state index < -0.39 is 11.2 Å². The molecule has 0 saturated carbocycles. The van der Waals surface area contributed by atoms with Crippen LogP contribution in [0.3, 0.4) is 0 Å². The zero-order valence-electron chi connectivity index (χ0n) is 34.1. The van der Waals surface area contributed by atoms with Crippen molar-refractivity contribution >= 4 is 11.6 Å². The van der Waals surface area contributed by atoms with Crippen LogP contribution in [0.15, 0.2) is 42.7 Å². The average molecular weight is 767 g/mol. The normalized spacial score (nSPS) is 23.3. The molecule has 4 heterocycles. The highest BCUT2D eigenvalue weighted by atomic mass is 35.5. The van der Waals surface area contributed by atoms with E-state index in [2.05, 4.69) is 68.9 Å². The zero-order valence-corrected chi connectivity index (χ0v) is 34.8. The Labute approximate surface area is 332 Å². The smallest absolute Gasteiger partial charge is 0.138 e. The third-order valence-corrected chi connectivity index (χ3v) is 13.4. The summed E-state index contributed by atoms with van der Waals surface area (Å²) in [5, 5.41) is 25.6. The third kappa shape index (κ3) is 7.18. The summed E-state index contributed by atoms with van der Waals surface area (Å²) in [5.41, 5.74) is 10.0. The molecule has 2 fully saturated rings. The van der Waals surface area contributed by atoms with Gasteiger partial charge in [0, 0.05) is 40.4 Å². The Morgan fingerprint density at radius 2 is 1.05 bits per heavy atom. The van der Waals surface area contributed by atoms with Crippen molar-refractivity contribution in [3.63, 3.8) is 0 Å². The number of piperidine rings is 2. The molecule has 8 nitrogen and oxygen atoms in total. The second-order valence-electron chi connectivity index (χ2n) is 16.8. The summed E-state index contributed by atoms with van der Waals surface area (Å²) >= 11 is 6.78. The van der Waals surface area contributed by atoms with Gasteiger partial charge in [0.2, 0.25) is 0 Å². The van der Waals surface area contributed by atoms with Gasteiger partial charge in [0.15, 0.2) is 0 Å². The number of fused-ring (bicyclic) bond motifs is 4. The van der Waals surface area contributed by atoms with E-state index in [4.69, 9.17) is 31.0 Å². The van der Waals surface area contributed by atoms with E-state index in [-0.39, 0.29) is 11.8 Å². The van der Waals surface area contributed by atoms with Crippen LogP contribution in [0.2, 0.25) is 5.02 Å². The molecule has 0 spiro atoms. The zero-order chi connectivity index (χ0) is 39.2. The van der Waals surface area contributed by atoms with Gasteiger partial charge < -0.3 is 29.5 Å². The number of aliphatic hydroxyl groups is 2. The summed E-state index contributed by atoms with van der Waals surface area (Å²) in [6.07, 6.45) is 10.9. The van der Waals surface area contributed by atoms with Gasteiger partial charge >= 0.3 is 0 Å². The minimum Gasteiger partial charge on any atom is -0.496 e. The van der Waals surface area contributed by atoms with Gasteiger partial charge in [-0.1, -0.05) is 29.8 Å². The van der Waals surface area contributed by atoms with Crippen LogP contribution in [0.25, 0.3) is 0 Å². The molecule has 9 heteroatoms. The molecular weight excluding hydrogens is 708 g/mol. The number of pyridine rings is 2. The molecule has 2 atom stereocenters. The first-order valence-corrected chi connectivity index (χ1v) is 20.5. The predicted octanol–water partition coefficient (Wildman–Crippen LogP) is 7.42. The van der Waals surface area contributed by atoms with Crippen LogP contribution < -0.4 is 9.47 Å². The lowest BCUT2D eigenvalue weighted by molar-refractivity contribution is -0.0166. The number of likely N-dealkylation sites (tertiary alicyclic amines) is 2. The van der Waals surface area contributed by atoms with Crippen molar-refractivity contribution in [3.05, 3.63) is 115 Å². The standard InChI is InChI=1S/C23H29ClN2O2.C23H30N2O2/c1-14-11-16-5-6-18-20(19(28-4)12-15(2)21(18)24)23(27,22(16)25-13-14)17-7-9-26(3)10-8-17;1-15-11-17-5-6-18-12-16(2)14-24-22(18)23(26,21(17)20(13-15)27-4)19-7-9-25(3)10-8-19/h11-13,17,27H,5-10H2,1-4H3;11-14,19,26H,5-10H2,1-4H3. The van der Waals surface area contributed by atoms with Crippen molar-refractivity contribution < 1.29 is 19.7 Å². The third-order valence-electron chi connectivity index (χ3n) is 12.9. The van der Waals surface area contributed by atoms with Crippen LogP contribution in [-0.4, -0.2) is 84.5 Å². The highest BCUT2D eigenvalue weighted by molar-refractivity contribution is 6.32. The van der Waals surface area contributed by atoms with Crippen molar-refractivity contribution in [1.82, 2.24) is 19.8 Å². The molecule has 2 aromatic heterocycles. The molecule has 0 amide bonds. The fourth-order valence-electron chi connectivity index (χ4n) is 10.00. The van der Waals surface area contributed by atoms with Crippen molar-refractivity contribution in [2.75, 3.05) is 54.5 Å². The van der Waals surface area contributed by atoms with E-state index in [1.54, 1.807) is 14.2 Å². The lowest BCUT2D eigenvalue weighted by Crippen LogP contribution is -2.44. The second-order valence-corrected chi connectivity index (χ2v) is 17.2. The van der Waals surface area contributed by atoms with Crippen LogP contribution in [0.1, 0.15) is 92.7 Å². The number of hydrogen-bond donors (Lipinski definition) is 2. The number of nitrogens with zero attached hydrogens (tertiary/aromatic N) is 4. The molecule has 294 valence electrons. The summed E-state index contributed by atoms with van der Waals surface area (Å²) < 4.78 is 11.6. The van der Waals surface area contributed by atoms with Crippen LogP contribution >= 0.6 is 11.6 Å². The largest absolute Gasteiger partial charge is 0.496 e. The molecule has 0 bridgehead atoms. The summed E-state index contributed by atoms with van der Waals surface area (Å²) in [6.45, 7) is 12.1. The van der Waals surface area contributed by atoms with Crippen LogP contribution in [0.5, 0.6) is 11.5 Å². The van der Waals surface area contributed by atoms with Gasteiger partial charge in [0.25, 0.3) is 0 Å². The summed E-state index contributed by atoms with van der Waals surface area (Å²) in [6, 6.07) is 10.6. The van der Waals surface area contributed by atoms with Crippen molar-refractivity contribution in [2.24, 2.45) is 11.8 Å². The number of ether oxygens (including phenoxy) is 2. The van der Waals surface area contributed by atoms with Gasteiger partial charge in [0.05, 0.1) is 25.6 Å². The molecule has 2 aromatic carbocycles. The van der Waals surface area contributed by atoms with Gasteiger partial charge in [-0.2, -0.15) is 0 Å². The Balaban J connectivity index is 0.000000169. The second kappa shape index (κ2) is 15.8. The molecule has 55 heavy (non-hydrogen) atoms. The van der Waals surface area contributed by atoms with E-state index in [9.17, 15) is 10.2 Å². The lowest BCUT2D eigenvalue weighted by atomic mass is 9.72. The summed E-state index contributed by atoms with van der Waals surface area (Å²) in [7, 11) is 7.67. The molecular formula is C46H59ClN4O4. The molecule has 8 rings (SSSR count). The highest BCUT2D eigenvalue weighted by Crippen LogP contribution is 2.52. The van der Waals surface area contributed by atoms with Crippen LogP contribution in [0, 0.1) is 39.5 Å². The number of aromatic nitrogens is 2. The first-order chi connectivity index (χ1) is 26.3. The van der Waals surface area contributed by atoms with Crippen LogP contribution in [0.4, 0.5) is 0 Å². The molecule has 2 aliphatic carbocycles. The van der Waals surface area contributed by atoms with E-state index in [1.807, 2.05) is 25.4 Å². The maximum Gasteiger partial charge on any atom is 0.138 e. The fraction of sp³-hybridized carbons (Fsp3) is 0.522. The quantitative estimate of drug-likeness (QED) is 0.222. The number of halogens is 1. The highest BCUT2D eigenvalue weighted by Gasteiger charge is 2.50. The Kier molecular flexibility index (Phi) is 11.4. The lowest BCUT2D eigenvalue weighted by Gasteiger charge is -2.42. The van der Waals surface area contributed by atoms with E-state index >= 15 is 0 Å². The number of methoxy groups -OCH3 is 2. The Hall–Kier alpha value is -3.53. The van der Waals surface area contributed by atoms with Gasteiger partial charge in [-0.15, -0.1) is 0 Å². The molecule has 4 aliphatic rings. The maximum atomic E-state index is 12.5. The minimum absolute atomic E-state index is 0.0715. The Morgan fingerprint density at radius 3 is 1.56 bits per heavy atom. The predicted molar refractivity (Wildman–Crippen MR) is 220 cm³/mol. The monoisotopic (exact) mass is 766 g/mol. The van der Waals surface area contributed by atoms with Crippen molar-refractivity contribution in [3.8, 4) is 11.5 Å². The van der Waals surface area contributed by atoms with E-state index in [0.29, 0.717) is 5.75 Å². The van der Waals surface area contributed by atoms with Crippen molar-refractivity contribution in [1.29, 1.82) is 0 Å². The number of hydrogen-bond acceptors (Lipinski definition) is 8. The van der Waals surface area contributed by atoms with Gasteiger partial charge in [-0.3, -0.25) is 9.97 Å². The summed E-state index contributed by atoms with van der Waals surface area (Å²) in [5.74, 6) is 1.72. The Morgan fingerprint density at radius 1 is 0.618 bits per heavy atom. The molecule has 2 aliphatic heterocycles. The molecule has 4 aromatic rings. The fourth-order valence-corrected chi connectivity index (χ4v) is 10.2. The minimum atomic E-state index is -1.20. The first kappa shape index (κ1) is 39.7. The molecule has 2 saturated heterocycles. The first-order valence-electron chi connectivity index (χ1n) is 20.1. The van der Waals surface area contributed by atoms with Gasteiger partial charge in [-0.25, -0.2) is 0 Å².